The first-order chi connectivity index (χ1) is 10.1. The molecule has 1 heterocycles. The maximum Gasteiger partial charge on any atom is 0.257 e. The number of aryl methyl sites for hydroxylation is 1. The molecule has 0 spiro atoms. The molecule has 1 aromatic carbocycles. The Kier molecular flexibility index (Phi) is 5.60. The highest BCUT2D eigenvalue weighted by Crippen LogP contribution is 2.11. The second kappa shape index (κ2) is 7.67. The zero-order chi connectivity index (χ0) is 15.1. The van der Waals surface area contributed by atoms with Gasteiger partial charge in [0, 0.05) is 26.1 Å². The van der Waals surface area contributed by atoms with Crippen molar-refractivity contribution in [1.82, 2.24) is 10.2 Å². The highest BCUT2D eigenvalue weighted by Gasteiger charge is 2.18. The van der Waals surface area contributed by atoms with Crippen LogP contribution in [0, 0.1) is 6.92 Å². The van der Waals surface area contributed by atoms with Crippen molar-refractivity contribution in [2.45, 2.75) is 26.2 Å². The number of hydrogen-bond donors (Lipinski definition) is 1. The minimum Gasteiger partial charge on any atom is -0.484 e. The molecular formula is C16H22N2O3. The average molecular weight is 290 g/mol. The number of likely N-dealkylation sites (tertiary alicyclic amines) is 1. The van der Waals surface area contributed by atoms with Gasteiger partial charge in [0.05, 0.1) is 0 Å². The van der Waals surface area contributed by atoms with Crippen LogP contribution in [0.15, 0.2) is 24.3 Å². The quantitative estimate of drug-likeness (QED) is 0.774. The molecule has 114 valence electrons. The van der Waals surface area contributed by atoms with E-state index < -0.39 is 0 Å². The zero-order valence-corrected chi connectivity index (χ0v) is 12.4. The van der Waals surface area contributed by atoms with Gasteiger partial charge in [-0.25, -0.2) is 0 Å². The summed E-state index contributed by atoms with van der Waals surface area (Å²) < 4.78 is 5.39. The van der Waals surface area contributed by atoms with Gasteiger partial charge in [-0.15, -0.1) is 0 Å². The van der Waals surface area contributed by atoms with Gasteiger partial charge in [0.25, 0.3) is 5.91 Å². The predicted octanol–water partition coefficient (Wildman–Crippen LogP) is 1.50. The Labute approximate surface area is 125 Å². The average Bonchev–Trinajstić information content (AvgIpc) is 2.88. The summed E-state index contributed by atoms with van der Waals surface area (Å²) in [6.07, 6.45) is 2.40. The fourth-order valence-electron chi connectivity index (χ4n) is 2.27. The summed E-state index contributed by atoms with van der Waals surface area (Å²) in [4.78, 5) is 24.9. The first-order valence-electron chi connectivity index (χ1n) is 7.39. The van der Waals surface area contributed by atoms with Crippen molar-refractivity contribution < 1.29 is 14.3 Å². The van der Waals surface area contributed by atoms with Crippen LogP contribution in [0.2, 0.25) is 0 Å². The van der Waals surface area contributed by atoms with Crippen LogP contribution in [-0.4, -0.2) is 43.0 Å². The minimum atomic E-state index is -0.136. The molecule has 21 heavy (non-hydrogen) atoms. The molecule has 2 amide bonds. The summed E-state index contributed by atoms with van der Waals surface area (Å²) >= 11 is 0. The Morgan fingerprint density at radius 3 is 2.76 bits per heavy atom. The molecular weight excluding hydrogens is 268 g/mol. The summed E-state index contributed by atoms with van der Waals surface area (Å²) in [5.41, 5.74) is 1.16. The standard InChI is InChI=1S/C16H22N2O3/c1-13-5-7-14(8-6-13)21-12-15(19)17-9-3-11-18-10-2-4-16(18)20/h5-8H,2-4,9-12H2,1H3,(H,17,19). The molecule has 0 saturated carbocycles. The van der Waals surface area contributed by atoms with Crippen LogP contribution in [0.5, 0.6) is 5.75 Å². The highest BCUT2D eigenvalue weighted by atomic mass is 16.5. The molecule has 2 rings (SSSR count). The second-order valence-corrected chi connectivity index (χ2v) is 5.29. The number of benzene rings is 1. The highest BCUT2D eigenvalue weighted by molar-refractivity contribution is 5.78. The van der Waals surface area contributed by atoms with Crippen LogP contribution in [0.4, 0.5) is 0 Å². The maximum atomic E-state index is 11.6. The third kappa shape index (κ3) is 5.10. The zero-order valence-electron chi connectivity index (χ0n) is 12.4. The molecule has 1 aliphatic heterocycles. The lowest BCUT2D eigenvalue weighted by Gasteiger charge is -2.15. The summed E-state index contributed by atoms with van der Waals surface area (Å²) in [5.74, 6) is 0.783. The number of rotatable bonds is 7. The van der Waals surface area contributed by atoms with Crippen LogP contribution in [0.25, 0.3) is 0 Å². The molecule has 1 N–H and O–H groups in total. The predicted molar refractivity (Wildman–Crippen MR) is 80.1 cm³/mol. The Balaban J connectivity index is 1.57. The van der Waals surface area contributed by atoms with Crippen molar-refractivity contribution in [3.05, 3.63) is 29.8 Å². The first-order valence-corrected chi connectivity index (χ1v) is 7.39. The van der Waals surface area contributed by atoms with Crippen molar-refractivity contribution in [3.63, 3.8) is 0 Å². The van der Waals surface area contributed by atoms with Gasteiger partial charge in [-0.2, -0.15) is 0 Å². The molecule has 5 nitrogen and oxygen atoms in total. The molecule has 1 fully saturated rings. The molecule has 0 atom stereocenters. The van der Waals surface area contributed by atoms with E-state index in [1.807, 2.05) is 36.1 Å². The number of nitrogens with zero attached hydrogens (tertiary/aromatic N) is 1. The van der Waals surface area contributed by atoms with E-state index in [4.69, 9.17) is 4.74 Å². The molecule has 0 aliphatic carbocycles. The molecule has 1 aromatic rings. The number of carbonyl (C=O) groups is 2. The number of carbonyl (C=O) groups excluding carboxylic acids is 2. The normalized spacial score (nSPS) is 14.3. The molecule has 1 saturated heterocycles. The van der Waals surface area contributed by atoms with E-state index in [2.05, 4.69) is 5.32 Å². The van der Waals surface area contributed by atoms with Crippen molar-refractivity contribution >= 4 is 11.8 Å². The molecule has 0 aromatic heterocycles. The first kappa shape index (κ1) is 15.4. The van der Waals surface area contributed by atoms with Crippen LogP contribution >= 0.6 is 0 Å². The Morgan fingerprint density at radius 2 is 2.10 bits per heavy atom. The Bertz CT molecular complexity index is 485. The molecule has 0 radical (unpaired) electrons. The van der Waals surface area contributed by atoms with Crippen molar-refractivity contribution in [1.29, 1.82) is 0 Å². The van der Waals surface area contributed by atoms with E-state index in [0.29, 0.717) is 18.7 Å². The lowest BCUT2D eigenvalue weighted by Crippen LogP contribution is -2.33. The van der Waals surface area contributed by atoms with E-state index in [1.54, 1.807) is 0 Å². The number of nitrogens with one attached hydrogen (secondary N) is 1. The van der Waals surface area contributed by atoms with Gasteiger partial charge >= 0.3 is 0 Å². The summed E-state index contributed by atoms with van der Waals surface area (Å²) in [7, 11) is 0. The lowest BCUT2D eigenvalue weighted by atomic mass is 10.2. The van der Waals surface area contributed by atoms with Gasteiger partial charge in [-0.05, 0) is 31.9 Å². The molecule has 5 heteroatoms. The van der Waals surface area contributed by atoms with Crippen LogP contribution in [0.3, 0.4) is 0 Å². The number of ether oxygens (including phenoxy) is 1. The van der Waals surface area contributed by atoms with E-state index in [9.17, 15) is 9.59 Å². The third-order valence-corrected chi connectivity index (χ3v) is 3.49. The Hall–Kier alpha value is -2.04. The topological polar surface area (TPSA) is 58.6 Å². The van der Waals surface area contributed by atoms with Crippen molar-refractivity contribution in [3.8, 4) is 5.75 Å². The number of hydrogen-bond acceptors (Lipinski definition) is 3. The smallest absolute Gasteiger partial charge is 0.257 e. The second-order valence-electron chi connectivity index (χ2n) is 5.29. The summed E-state index contributed by atoms with van der Waals surface area (Å²) in [6.45, 7) is 4.16. The van der Waals surface area contributed by atoms with E-state index in [0.717, 1.165) is 31.5 Å². The Morgan fingerprint density at radius 1 is 1.33 bits per heavy atom. The van der Waals surface area contributed by atoms with E-state index >= 15 is 0 Å². The fraction of sp³-hybridized carbons (Fsp3) is 0.500. The third-order valence-electron chi connectivity index (χ3n) is 3.49. The fourth-order valence-corrected chi connectivity index (χ4v) is 2.27. The molecule has 1 aliphatic rings. The minimum absolute atomic E-state index is 0.0195. The van der Waals surface area contributed by atoms with Crippen molar-refractivity contribution in [2.24, 2.45) is 0 Å². The summed E-state index contributed by atoms with van der Waals surface area (Å²) in [6, 6.07) is 7.59. The van der Waals surface area contributed by atoms with E-state index in [-0.39, 0.29) is 18.4 Å². The SMILES string of the molecule is Cc1ccc(OCC(=O)NCCCN2CCCC2=O)cc1. The van der Waals surface area contributed by atoms with Gasteiger partial charge in [0.1, 0.15) is 5.75 Å². The molecule has 0 unspecified atom stereocenters. The van der Waals surface area contributed by atoms with E-state index in [1.165, 1.54) is 0 Å². The van der Waals surface area contributed by atoms with Crippen LogP contribution < -0.4 is 10.1 Å². The molecule has 0 bridgehead atoms. The largest absolute Gasteiger partial charge is 0.484 e. The van der Waals surface area contributed by atoms with Crippen molar-refractivity contribution in [2.75, 3.05) is 26.2 Å². The van der Waals surface area contributed by atoms with Crippen LogP contribution in [0.1, 0.15) is 24.8 Å². The van der Waals surface area contributed by atoms with Gasteiger partial charge in [0.15, 0.2) is 6.61 Å². The monoisotopic (exact) mass is 290 g/mol. The van der Waals surface area contributed by atoms with Gasteiger partial charge < -0.3 is 15.0 Å². The van der Waals surface area contributed by atoms with Crippen LogP contribution in [-0.2, 0) is 9.59 Å². The van der Waals surface area contributed by atoms with Gasteiger partial charge in [-0.3, -0.25) is 9.59 Å². The number of amides is 2. The van der Waals surface area contributed by atoms with Gasteiger partial charge in [0.2, 0.25) is 5.91 Å². The maximum absolute atomic E-state index is 11.6. The summed E-state index contributed by atoms with van der Waals surface area (Å²) in [5, 5.41) is 2.80. The lowest BCUT2D eigenvalue weighted by molar-refractivity contribution is -0.127. The van der Waals surface area contributed by atoms with Gasteiger partial charge in [-0.1, -0.05) is 17.7 Å².